The van der Waals surface area contributed by atoms with Crippen molar-refractivity contribution in [1.29, 1.82) is 0 Å². The number of hydrogen-bond donors (Lipinski definition) is 2. The van der Waals surface area contributed by atoms with Gasteiger partial charge in [-0.25, -0.2) is 9.97 Å². The number of nitrogens with zero attached hydrogens (tertiary/aromatic N) is 3. The first kappa shape index (κ1) is 26.9. The molecule has 1 aromatic carbocycles. The number of halogens is 3. The second kappa shape index (κ2) is 12.7. The fourth-order valence-electron chi connectivity index (χ4n) is 3.54. The van der Waals surface area contributed by atoms with Crippen LogP contribution in [0, 0.1) is 0 Å². The quantitative estimate of drug-likeness (QED) is 0.521. The molecular weight excluding hydrogens is 457 g/mol. The first-order valence-corrected chi connectivity index (χ1v) is 9.67. The third-order valence-corrected chi connectivity index (χ3v) is 5.14. The Morgan fingerprint density at radius 2 is 1.81 bits per heavy atom. The number of benzene rings is 1. The van der Waals surface area contributed by atoms with Gasteiger partial charge >= 0.3 is 0 Å². The predicted molar refractivity (Wildman–Crippen MR) is 135 cm³/mol. The molecule has 0 unspecified atom stereocenters. The van der Waals surface area contributed by atoms with Gasteiger partial charge in [-0.2, -0.15) is 0 Å². The molecular formula is C22H28Cl3N5O. The van der Waals surface area contributed by atoms with Crippen LogP contribution in [0.5, 0.6) is 5.75 Å². The minimum absolute atomic E-state index is 0. The molecule has 3 aromatic rings. The molecule has 1 saturated carbocycles. The number of ether oxygens (including phenoxy) is 1. The van der Waals surface area contributed by atoms with Crippen molar-refractivity contribution in [2.75, 3.05) is 12.4 Å². The lowest BCUT2D eigenvalue weighted by molar-refractivity contribution is 0.410. The van der Waals surface area contributed by atoms with Crippen LogP contribution in [0.1, 0.15) is 37.1 Å². The maximum atomic E-state index is 6.05. The van der Waals surface area contributed by atoms with Crippen molar-refractivity contribution in [1.82, 2.24) is 15.0 Å². The Kier molecular flexibility index (Phi) is 11.0. The van der Waals surface area contributed by atoms with Gasteiger partial charge in [-0.1, -0.05) is 6.07 Å². The lowest BCUT2D eigenvalue weighted by atomic mass is 9.92. The van der Waals surface area contributed by atoms with Crippen LogP contribution in [0.25, 0.3) is 23.1 Å². The molecule has 6 nitrogen and oxygen atoms in total. The third kappa shape index (κ3) is 6.94. The molecule has 0 saturated heterocycles. The first-order valence-electron chi connectivity index (χ1n) is 9.67. The summed E-state index contributed by atoms with van der Waals surface area (Å²) in [5, 5.41) is 4.59. The third-order valence-electron chi connectivity index (χ3n) is 5.14. The molecule has 0 bridgehead atoms. The summed E-state index contributed by atoms with van der Waals surface area (Å²) in [6.45, 7) is 0. The highest BCUT2D eigenvalue weighted by atomic mass is 35.5. The number of hydrogen-bond acceptors (Lipinski definition) is 6. The van der Waals surface area contributed by atoms with Crippen molar-refractivity contribution >= 4 is 66.1 Å². The minimum atomic E-state index is 0. The van der Waals surface area contributed by atoms with Crippen molar-refractivity contribution in [3.8, 4) is 5.75 Å². The normalized spacial score (nSPS) is 17.9. The number of fused-ring (bicyclic) bond motifs is 1. The van der Waals surface area contributed by atoms with E-state index in [0.717, 1.165) is 53.7 Å². The van der Waals surface area contributed by atoms with Crippen molar-refractivity contribution < 1.29 is 4.74 Å². The topological polar surface area (TPSA) is 86.0 Å². The summed E-state index contributed by atoms with van der Waals surface area (Å²) in [5.74, 6) is 2.30. The second-order valence-electron chi connectivity index (χ2n) is 7.19. The van der Waals surface area contributed by atoms with Crippen molar-refractivity contribution in [3.05, 3.63) is 54.1 Å². The first-order chi connectivity index (χ1) is 13.7. The molecule has 3 N–H and O–H groups in total. The summed E-state index contributed by atoms with van der Waals surface area (Å²) in [5.41, 5.74) is 7.95. The SMILES string of the molecule is COc1ccc2nc(C=Cc3cccnc3)nc(NC3CCC(N)CC3)c2c1.Cl.Cl.Cl. The highest BCUT2D eigenvalue weighted by molar-refractivity contribution is 5.91. The largest absolute Gasteiger partial charge is 0.497 e. The Hall–Kier alpha value is -2.12. The molecule has 1 fully saturated rings. The van der Waals surface area contributed by atoms with E-state index in [1.54, 1.807) is 13.3 Å². The summed E-state index contributed by atoms with van der Waals surface area (Å²) in [6, 6.07) is 10.5. The lowest BCUT2D eigenvalue weighted by Crippen LogP contribution is -2.33. The van der Waals surface area contributed by atoms with Gasteiger partial charge < -0.3 is 15.8 Å². The zero-order chi connectivity index (χ0) is 19.3. The Morgan fingerprint density at radius 1 is 1.03 bits per heavy atom. The van der Waals surface area contributed by atoms with E-state index in [9.17, 15) is 0 Å². The molecule has 1 aliphatic rings. The molecule has 4 rings (SSSR count). The molecule has 2 heterocycles. The van der Waals surface area contributed by atoms with Crippen LogP contribution >= 0.6 is 37.2 Å². The van der Waals surface area contributed by atoms with Crippen LogP contribution in [-0.4, -0.2) is 34.1 Å². The van der Waals surface area contributed by atoms with E-state index < -0.39 is 0 Å². The number of nitrogens with one attached hydrogen (secondary N) is 1. The molecule has 168 valence electrons. The molecule has 0 radical (unpaired) electrons. The van der Waals surface area contributed by atoms with Crippen LogP contribution in [0.4, 0.5) is 5.82 Å². The number of rotatable bonds is 5. The number of pyridine rings is 1. The van der Waals surface area contributed by atoms with Gasteiger partial charge in [0.2, 0.25) is 0 Å². The Balaban J connectivity index is 0.00000160. The summed E-state index contributed by atoms with van der Waals surface area (Å²) in [7, 11) is 1.67. The fraction of sp³-hybridized carbons (Fsp3) is 0.318. The molecule has 9 heteroatoms. The van der Waals surface area contributed by atoms with Gasteiger partial charge in [-0.15, -0.1) is 37.2 Å². The van der Waals surface area contributed by atoms with Crippen LogP contribution in [0.15, 0.2) is 42.7 Å². The molecule has 0 atom stereocenters. The van der Waals surface area contributed by atoms with Gasteiger partial charge in [0.25, 0.3) is 0 Å². The van der Waals surface area contributed by atoms with E-state index in [1.807, 2.05) is 48.7 Å². The molecule has 31 heavy (non-hydrogen) atoms. The van der Waals surface area contributed by atoms with Gasteiger partial charge in [0, 0.05) is 29.9 Å². The van der Waals surface area contributed by atoms with E-state index in [0.29, 0.717) is 17.9 Å². The fourth-order valence-corrected chi connectivity index (χ4v) is 3.54. The predicted octanol–water partition coefficient (Wildman–Crippen LogP) is 5.15. The number of aromatic nitrogens is 3. The van der Waals surface area contributed by atoms with Gasteiger partial charge in [0.15, 0.2) is 5.82 Å². The highest BCUT2D eigenvalue weighted by Crippen LogP contribution is 2.28. The standard InChI is InChI=1S/C22H25N5O.3ClH/c1-28-18-9-10-20-19(13-18)22(25-17-7-5-16(23)6-8-17)27-21(26-20)11-4-15-3-2-12-24-14-15;;;/h2-4,9-14,16-17H,5-8,23H2,1H3,(H,25,26,27);3*1H. The highest BCUT2D eigenvalue weighted by Gasteiger charge is 2.20. The van der Waals surface area contributed by atoms with Crippen LogP contribution in [0.3, 0.4) is 0 Å². The monoisotopic (exact) mass is 483 g/mol. The van der Waals surface area contributed by atoms with Gasteiger partial charge in [-0.05, 0) is 67.7 Å². The van der Waals surface area contributed by atoms with Crippen LogP contribution in [0.2, 0.25) is 0 Å². The van der Waals surface area contributed by atoms with Gasteiger partial charge in [0.05, 0.1) is 12.6 Å². The summed E-state index contributed by atoms with van der Waals surface area (Å²) in [6.07, 6.45) is 11.6. The summed E-state index contributed by atoms with van der Waals surface area (Å²) < 4.78 is 5.40. The van der Waals surface area contributed by atoms with Gasteiger partial charge in [0.1, 0.15) is 11.6 Å². The molecule has 0 spiro atoms. The zero-order valence-corrected chi connectivity index (χ0v) is 19.7. The van der Waals surface area contributed by atoms with E-state index in [2.05, 4.69) is 10.3 Å². The Bertz CT molecular complexity index is 980. The average molecular weight is 485 g/mol. The van der Waals surface area contributed by atoms with Crippen molar-refractivity contribution in [2.45, 2.75) is 37.8 Å². The lowest BCUT2D eigenvalue weighted by Gasteiger charge is -2.27. The van der Waals surface area contributed by atoms with E-state index >= 15 is 0 Å². The minimum Gasteiger partial charge on any atom is -0.497 e. The number of methoxy groups -OCH3 is 1. The van der Waals surface area contributed by atoms with E-state index in [1.165, 1.54) is 0 Å². The van der Waals surface area contributed by atoms with E-state index in [4.69, 9.17) is 20.4 Å². The van der Waals surface area contributed by atoms with Crippen LogP contribution < -0.4 is 15.8 Å². The molecule has 2 aromatic heterocycles. The smallest absolute Gasteiger partial charge is 0.154 e. The van der Waals surface area contributed by atoms with E-state index in [-0.39, 0.29) is 37.2 Å². The Morgan fingerprint density at radius 3 is 2.48 bits per heavy atom. The second-order valence-corrected chi connectivity index (χ2v) is 7.19. The zero-order valence-electron chi connectivity index (χ0n) is 17.2. The average Bonchev–Trinajstić information content (AvgIpc) is 2.74. The van der Waals surface area contributed by atoms with Gasteiger partial charge in [-0.3, -0.25) is 4.98 Å². The molecule has 0 amide bonds. The van der Waals surface area contributed by atoms with Crippen LogP contribution in [-0.2, 0) is 0 Å². The maximum absolute atomic E-state index is 6.05. The maximum Gasteiger partial charge on any atom is 0.154 e. The Labute approximate surface area is 201 Å². The summed E-state index contributed by atoms with van der Waals surface area (Å²) >= 11 is 0. The molecule has 0 aliphatic heterocycles. The summed E-state index contributed by atoms with van der Waals surface area (Å²) in [4.78, 5) is 13.6. The number of anilines is 1. The number of nitrogens with two attached hydrogens (primary N) is 1. The van der Waals surface area contributed by atoms with Crippen molar-refractivity contribution in [3.63, 3.8) is 0 Å². The van der Waals surface area contributed by atoms with Crippen molar-refractivity contribution in [2.24, 2.45) is 5.73 Å². The molecule has 1 aliphatic carbocycles.